The highest BCUT2D eigenvalue weighted by atomic mass is 16.1. The molecule has 0 fully saturated rings. The largest absolute Gasteiger partial charge is 0.365 e. The van der Waals surface area contributed by atoms with E-state index < -0.39 is 5.91 Å². The minimum atomic E-state index is -0.412. The van der Waals surface area contributed by atoms with Gasteiger partial charge in [-0.3, -0.25) is 9.48 Å². The number of aryl methyl sites for hydroxylation is 2. The first kappa shape index (κ1) is 21.4. The van der Waals surface area contributed by atoms with Crippen molar-refractivity contribution in [2.24, 2.45) is 5.73 Å². The van der Waals surface area contributed by atoms with Crippen molar-refractivity contribution in [2.45, 2.75) is 46.1 Å². The number of aromatic amines is 1. The number of nitrogens with two attached hydrogens (primary N) is 1. The molecule has 2 heterocycles. The third-order valence-electron chi connectivity index (χ3n) is 5.58. The fraction of sp³-hybridized carbons (Fsp3) is 0.292. The summed E-state index contributed by atoms with van der Waals surface area (Å²) in [5.74, 6) is 0.146. The van der Waals surface area contributed by atoms with Crippen molar-refractivity contribution >= 4 is 5.91 Å². The number of unbranched alkanes of at least 4 members (excludes halogenated alkanes) is 1. The third kappa shape index (κ3) is 4.30. The summed E-state index contributed by atoms with van der Waals surface area (Å²) in [7, 11) is 0. The molecule has 0 saturated heterocycles. The van der Waals surface area contributed by atoms with Crippen LogP contribution in [0.15, 0.2) is 48.5 Å². The fourth-order valence-corrected chi connectivity index (χ4v) is 3.96. The summed E-state index contributed by atoms with van der Waals surface area (Å²) in [6.45, 7) is 4.92. The van der Waals surface area contributed by atoms with Crippen molar-refractivity contribution in [3.8, 4) is 22.5 Å². The van der Waals surface area contributed by atoms with Gasteiger partial charge in [-0.2, -0.15) is 10.3 Å². The van der Waals surface area contributed by atoms with Gasteiger partial charge in [0.2, 0.25) is 5.82 Å². The van der Waals surface area contributed by atoms with Gasteiger partial charge in [-0.1, -0.05) is 68.8 Å². The monoisotopic (exact) mass is 429 g/mol. The van der Waals surface area contributed by atoms with Crippen LogP contribution in [-0.4, -0.2) is 36.3 Å². The van der Waals surface area contributed by atoms with E-state index in [1.165, 1.54) is 0 Å². The SMILES string of the molecule is CCCCn1nc(CC)c(C(N)=O)c1Cc1ccc(-c2ccccc2-c2nn[nH]n2)cc1. The Morgan fingerprint density at radius 1 is 1.06 bits per heavy atom. The van der Waals surface area contributed by atoms with Gasteiger partial charge in [0.25, 0.3) is 5.91 Å². The molecular formula is C24H27N7O. The van der Waals surface area contributed by atoms with E-state index in [1.54, 1.807) is 0 Å². The summed E-state index contributed by atoms with van der Waals surface area (Å²) < 4.78 is 1.96. The summed E-state index contributed by atoms with van der Waals surface area (Å²) in [4.78, 5) is 12.2. The van der Waals surface area contributed by atoms with Gasteiger partial charge in [0, 0.05) is 18.5 Å². The maximum absolute atomic E-state index is 12.2. The van der Waals surface area contributed by atoms with Crippen LogP contribution in [0.25, 0.3) is 22.5 Å². The first-order valence-electron chi connectivity index (χ1n) is 10.9. The Morgan fingerprint density at radius 3 is 2.44 bits per heavy atom. The Hall–Kier alpha value is -3.81. The van der Waals surface area contributed by atoms with Crippen molar-refractivity contribution in [3.63, 3.8) is 0 Å². The molecule has 2 aromatic heterocycles. The van der Waals surface area contributed by atoms with Crippen molar-refractivity contribution in [1.82, 2.24) is 30.4 Å². The predicted molar refractivity (Wildman–Crippen MR) is 123 cm³/mol. The molecule has 0 saturated carbocycles. The maximum Gasteiger partial charge on any atom is 0.252 e. The Kier molecular flexibility index (Phi) is 6.39. The van der Waals surface area contributed by atoms with Crippen LogP contribution in [0, 0.1) is 0 Å². The zero-order valence-electron chi connectivity index (χ0n) is 18.4. The van der Waals surface area contributed by atoms with E-state index in [9.17, 15) is 4.79 Å². The number of rotatable bonds is 9. The molecule has 1 amide bonds. The summed E-state index contributed by atoms with van der Waals surface area (Å²) in [5, 5.41) is 19.1. The lowest BCUT2D eigenvalue weighted by molar-refractivity contribution is 0.0998. The molecule has 164 valence electrons. The highest BCUT2D eigenvalue weighted by Gasteiger charge is 2.21. The van der Waals surface area contributed by atoms with Crippen LogP contribution in [0.2, 0.25) is 0 Å². The van der Waals surface area contributed by atoms with Crippen LogP contribution in [0.3, 0.4) is 0 Å². The zero-order chi connectivity index (χ0) is 22.5. The Balaban J connectivity index is 1.66. The van der Waals surface area contributed by atoms with Gasteiger partial charge < -0.3 is 5.73 Å². The van der Waals surface area contributed by atoms with Crippen molar-refractivity contribution in [3.05, 3.63) is 71.0 Å². The van der Waals surface area contributed by atoms with E-state index in [2.05, 4.69) is 56.9 Å². The first-order valence-corrected chi connectivity index (χ1v) is 10.9. The number of amides is 1. The molecule has 32 heavy (non-hydrogen) atoms. The number of hydrogen-bond acceptors (Lipinski definition) is 5. The molecule has 0 atom stereocenters. The van der Waals surface area contributed by atoms with Crippen LogP contribution in [-0.2, 0) is 19.4 Å². The molecule has 4 aromatic rings. The lowest BCUT2D eigenvalue weighted by Gasteiger charge is -2.10. The molecule has 4 rings (SSSR count). The third-order valence-corrected chi connectivity index (χ3v) is 5.58. The van der Waals surface area contributed by atoms with E-state index in [-0.39, 0.29) is 0 Å². The number of aromatic nitrogens is 6. The van der Waals surface area contributed by atoms with Gasteiger partial charge in [0.05, 0.1) is 17.0 Å². The lowest BCUT2D eigenvalue weighted by atomic mass is 9.96. The van der Waals surface area contributed by atoms with E-state index in [0.717, 1.165) is 53.0 Å². The summed E-state index contributed by atoms with van der Waals surface area (Å²) in [6, 6.07) is 16.3. The maximum atomic E-state index is 12.2. The molecule has 0 spiro atoms. The molecule has 0 aliphatic rings. The second-order valence-corrected chi connectivity index (χ2v) is 7.72. The van der Waals surface area contributed by atoms with Gasteiger partial charge >= 0.3 is 0 Å². The van der Waals surface area contributed by atoms with Crippen molar-refractivity contribution in [1.29, 1.82) is 0 Å². The molecule has 3 N–H and O–H groups in total. The van der Waals surface area contributed by atoms with E-state index in [1.807, 2.05) is 35.9 Å². The molecule has 2 aromatic carbocycles. The standard InChI is InChI=1S/C24H27N7O/c1-3-5-14-31-21(22(23(25)32)20(4-2)28-31)15-16-10-12-17(13-11-16)18-8-6-7-9-19(18)24-26-29-30-27-24/h6-13H,3-5,14-15H2,1-2H3,(H2,25,32)(H,26,27,29,30). The lowest BCUT2D eigenvalue weighted by Crippen LogP contribution is -2.16. The molecule has 0 radical (unpaired) electrons. The minimum absolute atomic E-state index is 0.412. The van der Waals surface area contributed by atoms with Crippen LogP contribution in [0.4, 0.5) is 0 Å². The van der Waals surface area contributed by atoms with E-state index in [0.29, 0.717) is 24.2 Å². The fourth-order valence-electron chi connectivity index (χ4n) is 3.96. The number of tetrazole rings is 1. The molecule has 0 aliphatic carbocycles. The first-order chi connectivity index (χ1) is 15.6. The van der Waals surface area contributed by atoms with Crippen LogP contribution in [0.1, 0.15) is 54.0 Å². The second kappa shape index (κ2) is 9.55. The predicted octanol–water partition coefficient (Wildman–Crippen LogP) is 3.78. The van der Waals surface area contributed by atoms with Crippen LogP contribution >= 0.6 is 0 Å². The number of primary amides is 1. The average Bonchev–Trinajstić information content (AvgIpc) is 3.46. The quantitative estimate of drug-likeness (QED) is 0.420. The van der Waals surface area contributed by atoms with Gasteiger partial charge in [-0.25, -0.2) is 0 Å². The number of carbonyl (C=O) groups excluding carboxylic acids is 1. The molecule has 0 bridgehead atoms. The Labute approximate surface area is 186 Å². The Bertz CT molecular complexity index is 1190. The topological polar surface area (TPSA) is 115 Å². The minimum Gasteiger partial charge on any atom is -0.365 e. The van der Waals surface area contributed by atoms with E-state index >= 15 is 0 Å². The number of carbonyl (C=O) groups is 1. The van der Waals surface area contributed by atoms with Crippen molar-refractivity contribution < 1.29 is 4.79 Å². The zero-order valence-corrected chi connectivity index (χ0v) is 18.4. The summed E-state index contributed by atoms with van der Waals surface area (Å²) in [6.07, 6.45) is 3.33. The molecule has 8 heteroatoms. The summed E-state index contributed by atoms with van der Waals surface area (Å²) >= 11 is 0. The van der Waals surface area contributed by atoms with Gasteiger partial charge in [-0.15, -0.1) is 10.2 Å². The van der Waals surface area contributed by atoms with Gasteiger partial charge in [0.15, 0.2) is 0 Å². The highest BCUT2D eigenvalue weighted by Crippen LogP contribution is 2.30. The number of nitrogens with one attached hydrogen (secondary N) is 1. The van der Waals surface area contributed by atoms with Gasteiger partial charge in [-0.05, 0) is 34.7 Å². The normalized spacial score (nSPS) is 11.1. The Morgan fingerprint density at radius 2 is 1.81 bits per heavy atom. The number of H-pyrrole nitrogens is 1. The summed E-state index contributed by atoms with van der Waals surface area (Å²) in [5.41, 5.74) is 12.1. The molecular weight excluding hydrogens is 402 g/mol. The average molecular weight is 430 g/mol. The van der Waals surface area contributed by atoms with Crippen LogP contribution < -0.4 is 5.73 Å². The number of nitrogens with zero attached hydrogens (tertiary/aromatic N) is 5. The van der Waals surface area contributed by atoms with E-state index in [4.69, 9.17) is 5.73 Å². The smallest absolute Gasteiger partial charge is 0.252 e. The van der Waals surface area contributed by atoms with Crippen molar-refractivity contribution in [2.75, 3.05) is 0 Å². The molecule has 0 unspecified atom stereocenters. The van der Waals surface area contributed by atoms with Gasteiger partial charge in [0.1, 0.15) is 0 Å². The molecule has 0 aliphatic heterocycles. The second-order valence-electron chi connectivity index (χ2n) is 7.72. The highest BCUT2D eigenvalue weighted by molar-refractivity contribution is 5.95. The molecule has 8 nitrogen and oxygen atoms in total. The van der Waals surface area contributed by atoms with Crippen LogP contribution in [0.5, 0.6) is 0 Å². The number of hydrogen-bond donors (Lipinski definition) is 2. The number of benzene rings is 2.